The molecule has 0 unspecified atom stereocenters. The van der Waals surface area contributed by atoms with Gasteiger partial charge in [0.2, 0.25) is 0 Å². The van der Waals surface area contributed by atoms with Crippen LogP contribution in [0.4, 0.5) is 0 Å². The summed E-state index contributed by atoms with van der Waals surface area (Å²) in [5, 5.41) is 0. The summed E-state index contributed by atoms with van der Waals surface area (Å²) >= 11 is 0. The van der Waals surface area contributed by atoms with Crippen LogP contribution in [0.1, 0.15) is 23.2 Å². The van der Waals surface area contributed by atoms with Gasteiger partial charge in [-0.3, -0.25) is 4.79 Å². The second kappa shape index (κ2) is 4.45. The Morgan fingerprint density at radius 2 is 1.80 bits per heavy atom. The van der Waals surface area contributed by atoms with Gasteiger partial charge in [0.1, 0.15) is 0 Å². The van der Waals surface area contributed by atoms with Crippen LogP contribution in [0, 0.1) is 0 Å². The number of hydrogen-bond donors (Lipinski definition) is 1. The summed E-state index contributed by atoms with van der Waals surface area (Å²) in [4.78, 5) is 13.9. The van der Waals surface area contributed by atoms with Crippen LogP contribution in [0.2, 0.25) is 0 Å². The maximum atomic E-state index is 12.0. The zero-order chi connectivity index (χ0) is 10.7. The molecule has 1 aromatic carbocycles. The third-order valence-corrected chi connectivity index (χ3v) is 2.85. The van der Waals surface area contributed by atoms with Crippen molar-refractivity contribution in [2.75, 3.05) is 13.1 Å². The third kappa shape index (κ3) is 2.36. The average molecular weight is 204 g/mol. The molecule has 80 valence electrons. The first-order chi connectivity index (χ1) is 7.27. The van der Waals surface area contributed by atoms with Gasteiger partial charge in [0, 0.05) is 24.7 Å². The van der Waals surface area contributed by atoms with Crippen LogP contribution in [0.25, 0.3) is 0 Å². The molecule has 0 aromatic heterocycles. The van der Waals surface area contributed by atoms with E-state index in [1.807, 2.05) is 35.2 Å². The maximum absolute atomic E-state index is 12.0. The van der Waals surface area contributed by atoms with Crippen molar-refractivity contribution < 1.29 is 4.79 Å². The van der Waals surface area contributed by atoms with Crippen molar-refractivity contribution >= 4 is 5.91 Å². The minimum absolute atomic E-state index is 0.127. The van der Waals surface area contributed by atoms with E-state index in [2.05, 4.69) is 0 Å². The first-order valence-corrected chi connectivity index (χ1v) is 5.37. The summed E-state index contributed by atoms with van der Waals surface area (Å²) in [5.74, 6) is 0.127. The topological polar surface area (TPSA) is 46.3 Å². The number of nitrogens with two attached hydrogens (primary N) is 1. The number of rotatable bonds is 1. The van der Waals surface area contributed by atoms with E-state index in [0.29, 0.717) is 0 Å². The molecule has 0 radical (unpaired) electrons. The van der Waals surface area contributed by atoms with Crippen LogP contribution in [-0.2, 0) is 0 Å². The number of amides is 1. The molecule has 3 heteroatoms. The first-order valence-electron chi connectivity index (χ1n) is 5.37. The lowest BCUT2D eigenvalue weighted by Gasteiger charge is -2.30. The highest BCUT2D eigenvalue weighted by molar-refractivity contribution is 5.94. The van der Waals surface area contributed by atoms with E-state index in [-0.39, 0.29) is 11.9 Å². The molecule has 0 atom stereocenters. The number of benzene rings is 1. The van der Waals surface area contributed by atoms with Crippen LogP contribution >= 0.6 is 0 Å². The normalized spacial score (nSPS) is 17.8. The van der Waals surface area contributed by atoms with Crippen LogP contribution in [0.5, 0.6) is 0 Å². The highest BCUT2D eigenvalue weighted by Crippen LogP contribution is 2.12. The van der Waals surface area contributed by atoms with Crippen molar-refractivity contribution in [3.05, 3.63) is 35.9 Å². The zero-order valence-corrected chi connectivity index (χ0v) is 8.73. The monoisotopic (exact) mass is 204 g/mol. The number of piperidine rings is 1. The fourth-order valence-corrected chi connectivity index (χ4v) is 1.87. The Labute approximate surface area is 89.9 Å². The van der Waals surface area contributed by atoms with Crippen molar-refractivity contribution in [2.45, 2.75) is 18.9 Å². The van der Waals surface area contributed by atoms with Gasteiger partial charge >= 0.3 is 0 Å². The number of hydrogen-bond acceptors (Lipinski definition) is 2. The van der Waals surface area contributed by atoms with Crippen LogP contribution in [0.3, 0.4) is 0 Å². The average Bonchev–Trinajstić information content (AvgIpc) is 2.30. The molecular formula is C12H16N2O. The molecule has 1 aliphatic heterocycles. The smallest absolute Gasteiger partial charge is 0.253 e. The highest BCUT2D eigenvalue weighted by Gasteiger charge is 2.21. The zero-order valence-electron chi connectivity index (χ0n) is 8.73. The van der Waals surface area contributed by atoms with Crippen LogP contribution in [0.15, 0.2) is 30.3 Å². The van der Waals surface area contributed by atoms with E-state index >= 15 is 0 Å². The molecular weight excluding hydrogens is 188 g/mol. The van der Waals surface area contributed by atoms with E-state index < -0.39 is 0 Å². The second-order valence-corrected chi connectivity index (χ2v) is 4.00. The van der Waals surface area contributed by atoms with Crippen molar-refractivity contribution in [3.63, 3.8) is 0 Å². The highest BCUT2D eigenvalue weighted by atomic mass is 16.2. The lowest BCUT2D eigenvalue weighted by Crippen LogP contribution is -2.42. The van der Waals surface area contributed by atoms with E-state index in [9.17, 15) is 4.79 Å². The lowest BCUT2D eigenvalue weighted by atomic mass is 10.1. The minimum atomic E-state index is 0.127. The van der Waals surface area contributed by atoms with Gasteiger partial charge in [-0.25, -0.2) is 0 Å². The van der Waals surface area contributed by atoms with Gasteiger partial charge in [0.15, 0.2) is 0 Å². The molecule has 1 saturated heterocycles. The van der Waals surface area contributed by atoms with Crippen molar-refractivity contribution in [2.24, 2.45) is 5.73 Å². The molecule has 0 bridgehead atoms. The van der Waals surface area contributed by atoms with E-state index in [4.69, 9.17) is 5.73 Å². The number of likely N-dealkylation sites (tertiary alicyclic amines) is 1. The molecule has 15 heavy (non-hydrogen) atoms. The van der Waals surface area contributed by atoms with Gasteiger partial charge in [-0.05, 0) is 25.0 Å². The lowest BCUT2D eigenvalue weighted by molar-refractivity contribution is 0.0715. The predicted octanol–water partition coefficient (Wildman–Crippen LogP) is 1.25. The predicted molar refractivity (Wildman–Crippen MR) is 59.6 cm³/mol. The van der Waals surface area contributed by atoms with E-state index in [0.717, 1.165) is 31.5 Å². The molecule has 2 rings (SSSR count). The standard InChI is InChI=1S/C12H16N2O/c13-11-6-8-14(9-7-11)12(15)10-4-2-1-3-5-10/h1-5,11H,6-9,13H2. The summed E-state index contributed by atoms with van der Waals surface area (Å²) in [7, 11) is 0. The van der Waals surface area contributed by atoms with Crippen molar-refractivity contribution in [3.8, 4) is 0 Å². The van der Waals surface area contributed by atoms with Crippen LogP contribution in [-0.4, -0.2) is 29.9 Å². The minimum Gasteiger partial charge on any atom is -0.339 e. The maximum Gasteiger partial charge on any atom is 0.253 e. The molecule has 0 aliphatic carbocycles. The van der Waals surface area contributed by atoms with Crippen molar-refractivity contribution in [1.82, 2.24) is 4.90 Å². The summed E-state index contributed by atoms with van der Waals surface area (Å²) in [6.45, 7) is 1.57. The molecule has 3 nitrogen and oxygen atoms in total. The van der Waals surface area contributed by atoms with Gasteiger partial charge in [-0.1, -0.05) is 18.2 Å². The van der Waals surface area contributed by atoms with Gasteiger partial charge < -0.3 is 10.6 Å². The Bertz CT molecular complexity index is 329. The first kappa shape index (κ1) is 10.2. The quantitative estimate of drug-likeness (QED) is 0.748. The summed E-state index contributed by atoms with van der Waals surface area (Å²) in [6.07, 6.45) is 1.83. The molecule has 2 N–H and O–H groups in total. The van der Waals surface area contributed by atoms with Gasteiger partial charge in [-0.15, -0.1) is 0 Å². The number of carbonyl (C=O) groups is 1. The van der Waals surface area contributed by atoms with Crippen LogP contribution < -0.4 is 5.73 Å². The fraction of sp³-hybridized carbons (Fsp3) is 0.417. The van der Waals surface area contributed by atoms with Gasteiger partial charge in [0.25, 0.3) is 5.91 Å². The van der Waals surface area contributed by atoms with E-state index in [1.165, 1.54) is 0 Å². The molecule has 0 spiro atoms. The SMILES string of the molecule is NC1CCN(C(=O)c2ccccc2)CC1. The Morgan fingerprint density at radius 3 is 2.40 bits per heavy atom. The molecule has 1 fully saturated rings. The van der Waals surface area contributed by atoms with E-state index in [1.54, 1.807) is 0 Å². The molecule has 1 heterocycles. The Kier molecular flexibility index (Phi) is 3.02. The largest absolute Gasteiger partial charge is 0.339 e. The Morgan fingerprint density at radius 1 is 1.20 bits per heavy atom. The number of nitrogens with zero attached hydrogens (tertiary/aromatic N) is 1. The molecule has 1 aliphatic rings. The van der Waals surface area contributed by atoms with Gasteiger partial charge in [0.05, 0.1) is 0 Å². The molecule has 1 amide bonds. The molecule has 1 aromatic rings. The summed E-state index contributed by atoms with van der Waals surface area (Å²) in [5.41, 5.74) is 6.57. The van der Waals surface area contributed by atoms with Crippen molar-refractivity contribution in [1.29, 1.82) is 0 Å². The second-order valence-electron chi connectivity index (χ2n) is 4.00. The third-order valence-electron chi connectivity index (χ3n) is 2.85. The summed E-state index contributed by atoms with van der Waals surface area (Å²) < 4.78 is 0. The Hall–Kier alpha value is -1.35. The van der Waals surface area contributed by atoms with Gasteiger partial charge in [-0.2, -0.15) is 0 Å². The summed E-state index contributed by atoms with van der Waals surface area (Å²) in [6, 6.07) is 9.69. The Balaban J connectivity index is 2.03. The number of carbonyl (C=O) groups excluding carboxylic acids is 1. The molecule has 0 saturated carbocycles. The fourth-order valence-electron chi connectivity index (χ4n) is 1.87.